The van der Waals surface area contributed by atoms with Crippen molar-refractivity contribution in [2.24, 2.45) is 4.99 Å². The van der Waals surface area contributed by atoms with E-state index in [1.54, 1.807) is 37.4 Å². The lowest BCUT2D eigenvalue weighted by molar-refractivity contribution is -0.121. The molecule has 0 N–H and O–H groups in total. The first-order valence-electron chi connectivity index (χ1n) is 8.50. The van der Waals surface area contributed by atoms with Gasteiger partial charge in [0.2, 0.25) is 6.79 Å². The zero-order valence-corrected chi connectivity index (χ0v) is 17.9. The second-order valence-electron chi connectivity index (χ2n) is 6.13. The van der Waals surface area contributed by atoms with Crippen LogP contribution in [0.1, 0.15) is 15.9 Å². The van der Waals surface area contributed by atoms with E-state index in [4.69, 9.17) is 9.47 Å². The zero-order chi connectivity index (χ0) is 20.5. The summed E-state index contributed by atoms with van der Waals surface area (Å²) >= 11 is 4.78. The fourth-order valence-corrected chi connectivity index (χ4v) is 4.15. The van der Waals surface area contributed by atoms with Crippen LogP contribution in [0.25, 0.3) is 6.08 Å². The minimum absolute atomic E-state index is 0.149. The van der Waals surface area contributed by atoms with E-state index in [0.29, 0.717) is 32.8 Å². The monoisotopic (exact) mass is 474 g/mol. The van der Waals surface area contributed by atoms with E-state index >= 15 is 0 Å². The number of carbonyl (C=O) groups excluding carboxylic acids is 2. The van der Waals surface area contributed by atoms with Gasteiger partial charge in [0.1, 0.15) is 0 Å². The number of benzene rings is 2. The standard InChI is InChI=1S/C20H15BrN2O5S/c1-23-18(24)17(8-12-7-15-16(9-14(12)21)28-10-27-15)29-20(23)22-13-5-3-11(4-6-13)19(25)26-2/h3-9H,10H2,1-2H3/b17-8-,22-20?. The van der Waals surface area contributed by atoms with Gasteiger partial charge >= 0.3 is 5.97 Å². The van der Waals surface area contributed by atoms with Crippen molar-refractivity contribution < 1.29 is 23.8 Å². The Balaban J connectivity index is 1.60. The first-order valence-corrected chi connectivity index (χ1v) is 10.1. The molecule has 2 aliphatic heterocycles. The quantitative estimate of drug-likeness (QED) is 0.490. The number of carbonyl (C=O) groups is 2. The maximum Gasteiger partial charge on any atom is 0.337 e. The highest BCUT2D eigenvalue weighted by atomic mass is 79.9. The topological polar surface area (TPSA) is 77.4 Å². The van der Waals surface area contributed by atoms with Gasteiger partial charge in [0.15, 0.2) is 16.7 Å². The highest BCUT2D eigenvalue weighted by Crippen LogP contribution is 2.40. The van der Waals surface area contributed by atoms with Crippen molar-refractivity contribution in [3.63, 3.8) is 0 Å². The van der Waals surface area contributed by atoms with Gasteiger partial charge in [-0.1, -0.05) is 15.9 Å². The number of thioether (sulfide) groups is 1. The number of likely N-dealkylation sites (N-methyl/N-ethyl adjacent to an activating group) is 1. The number of rotatable bonds is 3. The normalized spacial score (nSPS) is 18.0. The van der Waals surface area contributed by atoms with Crippen molar-refractivity contribution in [1.29, 1.82) is 0 Å². The Bertz CT molecular complexity index is 1070. The molecule has 1 fully saturated rings. The first kappa shape index (κ1) is 19.5. The summed E-state index contributed by atoms with van der Waals surface area (Å²) in [5, 5.41) is 0.545. The van der Waals surface area contributed by atoms with Gasteiger partial charge in [-0.05, 0) is 59.8 Å². The Kier molecular flexibility index (Phi) is 5.33. The van der Waals surface area contributed by atoms with Gasteiger partial charge in [-0.15, -0.1) is 0 Å². The number of amides is 1. The average molecular weight is 475 g/mol. The molecule has 0 aromatic heterocycles. The van der Waals surface area contributed by atoms with Gasteiger partial charge in [-0.25, -0.2) is 9.79 Å². The van der Waals surface area contributed by atoms with E-state index in [1.165, 1.54) is 23.8 Å². The minimum atomic E-state index is -0.411. The van der Waals surface area contributed by atoms with Crippen LogP contribution >= 0.6 is 27.7 Å². The van der Waals surface area contributed by atoms with Crippen LogP contribution in [0.4, 0.5) is 5.69 Å². The third kappa shape index (κ3) is 3.88. The largest absolute Gasteiger partial charge is 0.465 e. The molecule has 2 heterocycles. The summed E-state index contributed by atoms with van der Waals surface area (Å²) in [5.74, 6) is 0.749. The molecule has 0 radical (unpaired) electrons. The summed E-state index contributed by atoms with van der Waals surface area (Å²) < 4.78 is 16.3. The number of esters is 1. The molecule has 1 saturated heterocycles. The Morgan fingerprint density at radius 1 is 1.24 bits per heavy atom. The molecule has 2 aromatic carbocycles. The molecular formula is C20H15BrN2O5S. The summed E-state index contributed by atoms with van der Waals surface area (Å²) in [6, 6.07) is 10.3. The van der Waals surface area contributed by atoms with Crippen LogP contribution in [-0.2, 0) is 9.53 Å². The molecule has 29 heavy (non-hydrogen) atoms. The van der Waals surface area contributed by atoms with Crippen LogP contribution in [0.3, 0.4) is 0 Å². The van der Waals surface area contributed by atoms with Gasteiger partial charge in [0, 0.05) is 11.5 Å². The van der Waals surface area contributed by atoms with Crippen molar-refractivity contribution in [1.82, 2.24) is 4.90 Å². The molecule has 0 aliphatic carbocycles. The molecule has 148 valence electrons. The lowest BCUT2D eigenvalue weighted by Gasteiger charge is -2.07. The Morgan fingerprint density at radius 3 is 2.62 bits per heavy atom. The number of halogens is 1. The molecule has 4 rings (SSSR count). The van der Waals surface area contributed by atoms with Crippen LogP contribution < -0.4 is 9.47 Å². The van der Waals surface area contributed by atoms with E-state index in [-0.39, 0.29) is 12.7 Å². The summed E-state index contributed by atoms with van der Waals surface area (Å²) in [6.45, 7) is 0.184. The number of nitrogens with zero attached hydrogens (tertiary/aromatic N) is 2. The van der Waals surface area contributed by atoms with Gasteiger partial charge in [0.05, 0.1) is 23.3 Å². The molecule has 0 spiro atoms. The van der Waals surface area contributed by atoms with E-state index in [0.717, 1.165) is 10.0 Å². The summed E-state index contributed by atoms with van der Waals surface area (Å²) in [6.07, 6.45) is 1.79. The highest BCUT2D eigenvalue weighted by molar-refractivity contribution is 9.10. The number of ether oxygens (including phenoxy) is 3. The molecule has 2 aliphatic rings. The number of methoxy groups -OCH3 is 1. The number of amidine groups is 1. The minimum Gasteiger partial charge on any atom is -0.465 e. The second kappa shape index (κ2) is 7.92. The van der Waals surface area contributed by atoms with Gasteiger partial charge < -0.3 is 14.2 Å². The second-order valence-corrected chi connectivity index (χ2v) is 8.00. The highest BCUT2D eigenvalue weighted by Gasteiger charge is 2.31. The fourth-order valence-electron chi connectivity index (χ4n) is 2.74. The summed E-state index contributed by atoms with van der Waals surface area (Å²) in [7, 11) is 3.01. The lowest BCUT2D eigenvalue weighted by Crippen LogP contribution is -2.23. The molecule has 0 saturated carbocycles. The van der Waals surface area contributed by atoms with Crippen molar-refractivity contribution in [2.75, 3.05) is 21.0 Å². The van der Waals surface area contributed by atoms with E-state index in [1.807, 2.05) is 12.1 Å². The Hall–Kier alpha value is -2.78. The van der Waals surface area contributed by atoms with E-state index in [9.17, 15) is 9.59 Å². The molecule has 0 unspecified atom stereocenters. The third-order valence-electron chi connectivity index (χ3n) is 4.30. The maximum atomic E-state index is 12.7. The molecule has 0 bridgehead atoms. The van der Waals surface area contributed by atoms with Gasteiger partial charge in [0.25, 0.3) is 5.91 Å². The molecule has 1 amide bonds. The number of fused-ring (bicyclic) bond motifs is 1. The number of hydrogen-bond donors (Lipinski definition) is 0. The molecular weight excluding hydrogens is 460 g/mol. The van der Waals surface area contributed by atoms with E-state index in [2.05, 4.69) is 25.7 Å². The zero-order valence-electron chi connectivity index (χ0n) is 15.5. The van der Waals surface area contributed by atoms with Crippen LogP contribution in [0, 0.1) is 0 Å². The van der Waals surface area contributed by atoms with Crippen molar-refractivity contribution in [3.05, 3.63) is 56.9 Å². The molecule has 2 aromatic rings. The van der Waals surface area contributed by atoms with Gasteiger partial charge in [-0.2, -0.15) is 0 Å². The first-order chi connectivity index (χ1) is 14.0. The summed E-state index contributed by atoms with van der Waals surface area (Å²) in [5.41, 5.74) is 1.88. The van der Waals surface area contributed by atoms with Crippen molar-refractivity contribution in [2.45, 2.75) is 0 Å². The predicted octanol–water partition coefficient (Wildman–Crippen LogP) is 4.20. The van der Waals surface area contributed by atoms with Crippen LogP contribution in [0.15, 0.2) is 50.8 Å². The smallest absolute Gasteiger partial charge is 0.337 e. The van der Waals surface area contributed by atoms with Crippen molar-refractivity contribution >= 4 is 56.5 Å². The number of aliphatic imine (C=N–C) groups is 1. The van der Waals surface area contributed by atoms with Crippen LogP contribution in [-0.4, -0.2) is 42.9 Å². The molecule has 0 atom stereocenters. The Morgan fingerprint density at radius 2 is 1.93 bits per heavy atom. The van der Waals surface area contributed by atoms with Gasteiger partial charge in [-0.3, -0.25) is 9.69 Å². The van der Waals surface area contributed by atoms with E-state index < -0.39 is 5.97 Å². The van der Waals surface area contributed by atoms with Crippen LogP contribution in [0.2, 0.25) is 0 Å². The lowest BCUT2D eigenvalue weighted by atomic mass is 10.2. The van der Waals surface area contributed by atoms with Crippen LogP contribution in [0.5, 0.6) is 11.5 Å². The SMILES string of the molecule is COC(=O)c1ccc(N=C2S/C(=C\c3cc4c(cc3Br)OCO4)C(=O)N2C)cc1. The van der Waals surface area contributed by atoms with Crippen molar-refractivity contribution in [3.8, 4) is 11.5 Å². The molecule has 9 heteroatoms. The maximum absolute atomic E-state index is 12.7. The third-order valence-corrected chi connectivity index (χ3v) is 6.04. The molecule has 7 nitrogen and oxygen atoms in total. The number of hydrogen-bond acceptors (Lipinski definition) is 7. The summed E-state index contributed by atoms with van der Waals surface area (Å²) in [4.78, 5) is 30.8. The Labute approximate surface area is 179 Å². The average Bonchev–Trinajstić information content (AvgIpc) is 3.28. The predicted molar refractivity (Wildman–Crippen MR) is 113 cm³/mol. The fraction of sp³-hybridized carbons (Fsp3) is 0.150.